The third-order valence-electron chi connectivity index (χ3n) is 5.62. The molecule has 0 bridgehead atoms. The fraction of sp³-hybridized carbons (Fsp3) is 0.304. The Hall–Kier alpha value is -2.72. The molecule has 0 saturated heterocycles. The smallest absolute Gasteiger partial charge is 0.130 e. The predicted molar refractivity (Wildman–Crippen MR) is 109 cm³/mol. The van der Waals surface area contributed by atoms with Gasteiger partial charge in [0, 0.05) is 23.2 Å². The summed E-state index contributed by atoms with van der Waals surface area (Å²) in [7, 11) is 1.60. The van der Waals surface area contributed by atoms with Gasteiger partial charge in [0.1, 0.15) is 17.2 Å². The lowest BCUT2D eigenvalue weighted by atomic mass is 9.86. The van der Waals surface area contributed by atoms with Crippen molar-refractivity contribution in [2.45, 2.75) is 39.3 Å². The predicted octanol–water partition coefficient (Wildman–Crippen LogP) is 4.83. The molecule has 2 atom stereocenters. The minimum atomic E-state index is 0.0858. The summed E-state index contributed by atoms with van der Waals surface area (Å²) in [6.07, 6.45) is 0.899. The van der Waals surface area contributed by atoms with Crippen LogP contribution in [-0.4, -0.2) is 23.4 Å². The van der Waals surface area contributed by atoms with E-state index >= 15 is 0 Å². The molecule has 140 valence electrons. The molecule has 3 aromatic rings. The van der Waals surface area contributed by atoms with E-state index in [0.29, 0.717) is 22.9 Å². The zero-order valence-corrected chi connectivity index (χ0v) is 16.1. The molecule has 0 aliphatic carbocycles. The van der Waals surface area contributed by atoms with Crippen LogP contribution < -0.4 is 10.1 Å². The van der Waals surface area contributed by atoms with Crippen molar-refractivity contribution in [1.29, 1.82) is 0 Å². The molecule has 1 aliphatic rings. The fourth-order valence-electron chi connectivity index (χ4n) is 4.44. The zero-order valence-electron chi connectivity index (χ0n) is 16.1. The monoisotopic (exact) mass is 363 g/mol. The third kappa shape index (κ3) is 2.72. The van der Waals surface area contributed by atoms with E-state index < -0.39 is 0 Å². The van der Waals surface area contributed by atoms with Gasteiger partial charge in [-0.3, -0.25) is 0 Å². The summed E-state index contributed by atoms with van der Waals surface area (Å²) in [6.45, 7) is 6.25. The van der Waals surface area contributed by atoms with Gasteiger partial charge in [-0.05, 0) is 67.5 Å². The van der Waals surface area contributed by atoms with Crippen molar-refractivity contribution in [3.63, 3.8) is 0 Å². The number of hydrogen-bond donors (Lipinski definition) is 3. The van der Waals surface area contributed by atoms with Crippen molar-refractivity contribution < 1.29 is 14.9 Å². The number of phenols is 2. The van der Waals surface area contributed by atoms with Gasteiger partial charge < -0.3 is 20.3 Å². The maximum Gasteiger partial charge on any atom is 0.130 e. The third-order valence-corrected chi connectivity index (χ3v) is 5.62. The Labute approximate surface area is 159 Å². The fourth-order valence-corrected chi connectivity index (χ4v) is 4.44. The van der Waals surface area contributed by atoms with Crippen molar-refractivity contribution in [2.24, 2.45) is 0 Å². The Morgan fingerprint density at radius 1 is 0.963 bits per heavy atom. The van der Waals surface area contributed by atoms with Gasteiger partial charge in [0.2, 0.25) is 0 Å². The molecule has 27 heavy (non-hydrogen) atoms. The zero-order chi connectivity index (χ0) is 19.3. The second-order valence-electron chi connectivity index (χ2n) is 7.50. The highest BCUT2D eigenvalue weighted by molar-refractivity contribution is 6.06. The van der Waals surface area contributed by atoms with Crippen LogP contribution >= 0.6 is 0 Å². The Kier molecular flexibility index (Phi) is 4.23. The lowest BCUT2D eigenvalue weighted by Crippen LogP contribution is -2.36. The van der Waals surface area contributed by atoms with Gasteiger partial charge in [0.25, 0.3) is 0 Å². The Morgan fingerprint density at radius 2 is 1.70 bits per heavy atom. The van der Waals surface area contributed by atoms with Crippen molar-refractivity contribution in [1.82, 2.24) is 5.32 Å². The number of aryl methyl sites for hydroxylation is 1. The molecule has 1 heterocycles. The molecule has 0 saturated carbocycles. The van der Waals surface area contributed by atoms with Gasteiger partial charge in [-0.2, -0.15) is 0 Å². The van der Waals surface area contributed by atoms with Gasteiger partial charge in [-0.1, -0.05) is 18.2 Å². The van der Waals surface area contributed by atoms with Crippen LogP contribution in [0.25, 0.3) is 21.9 Å². The van der Waals surface area contributed by atoms with Gasteiger partial charge in [0.05, 0.1) is 12.5 Å². The number of methoxy groups -OCH3 is 1. The number of rotatable bonds is 2. The molecule has 0 aromatic heterocycles. The van der Waals surface area contributed by atoms with E-state index in [0.717, 1.165) is 34.1 Å². The van der Waals surface area contributed by atoms with E-state index in [1.54, 1.807) is 13.2 Å². The van der Waals surface area contributed by atoms with Crippen LogP contribution in [0.4, 0.5) is 0 Å². The van der Waals surface area contributed by atoms with Crippen LogP contribution in [0, 0.1) is 6.92 Å². The number of phenolic OH excluding ortho intramolecular Hbond substituents is 2. The molecule has 0 amide bonds. The van der Waals surface area contributed by atoms with Gasteiger partial charge >= 0.3 is 0 Å². The highest BCUT2D eigenvalue weighted by atomic mass is 16.5. The molecule has 1 aliphatic heterocycles. The second kappa shape index (κ2) is 6.46. The Balaban J connectivity index is 2.02. The minimum absolute atomic E-state index is 0.0858. The van der Waals surface area contributed by atoms with Crippen molar-refractivity contribution in [2.75, 3.05) is 7.11 Å². The standard InChI is InChI=1S/C23H25NO3/c1-12-5-10-19(27-4)22-18(25)9-8-16(20(12)22)17-7-6-15-11-13(2)24-14(3)21(15)23(17)26/h5-10,13-14,24-26H,11H2,1-4H3/t13-,14-/m1/s1. The molecule has 4 nitrogen and oxygen atoms in total. The number of hydrogen-bond acceptors (Lipinski definition) is 4. The maximum absolute atomic E-state index is 11.2. The summed E-state index contributed by atoms with van der Waals surface area (Å²) in [5.41, 5.74) is 4.84. The average Bonchev–Trinajstić information content (AvgIpc) is 2.63. The molecular formula is C23H25NO3. The first-order valence-electron chi connectivity index (χ1n) is 9.32. The number of benzene rings is 3. The van der Waals surface area contributed by atoms with Crippen LogP contribution in [-0.2, 0) is 6.42 Å². The topological polar surface area (TPSA) is 61.7 Å². The van der Waals surface area contributed by atoms with Gasteiger partial charge in [0.15, 0.2) is 0 Å². The van der Waals surface area contributed by atoms with E-state index in [1.807, 2.05) is 31.2 Å². The van der Waals surface area contributed by atoms with Crippen molar-refractivity contribution in [3.05, 3.63) is 53.1 Å². The quantitative estimate of drug-likeness (QED) is 0.610. The number of aromatic hydroxyl groups is 2. The average molecular weight is 363 g/mol. The lowest BCUT2D eigenvalue weighted by molar-refractivity contribution is 0.410. The van der Waals surface area contributed by atoms with Crippen LogP contribution in [0.1, 0.15) is 36.6 Å². The molecule has 3 aromatic carbocycles. The second-order valence-corrected chi connectivity index (χ2v) is 7.50. The lowest BCUT2D eigenvalue weighted by Gasteiger charge is -2.30. The van der Waals surface area contributed by atoms with E-state index in [2.05, 4.69) is 25.2 Å². The molecule has 4 rings (SSSR count). The van der Waals surface area contributed by atoms with Crippen LogP contribution in [0.2, 0.25) is 0 Å². The molecular weight excluding hydrogens is 338 g/mol. The minimum Gasteiger partial charge on any atom is -0.507 e. The highest BCUT2D eigenvalue weighted by Crippen LogP contribution is 2.46. The SMILES string of the molecule is COc1ccc(C)c2c(-c3ccc4c(c3O)[C@@H](C)N[C@H](C)C4)ccc(O)c12. The summed E-state index contributed by atoms with van der Waals surface area (Å²) >= 11 is 0. The van der Waals surface area contributed by atoms with Gasteiger partial charge in [-0.25, -0.2) is 0 Å². The molecule has 0 radical (unpaired) electrons. The summed E-state index contributed by atoms with van der Waals surface area (Å²) in [5, 5.41) is 26.7. The molecule has 0 fully saturated rings. The van der Waals surface area contributed by atoms with E-state index in [9.17, 15) is 10.2 Å². The molecule has 0 spiro atoms. The van der Waals surface area contributed by atoms with Crippen LogP contribution in [0.15, 0.2) is 36.4 Å². The van der Waals surface area contributed by atoms with Crippen molar-refractivity contribution >= 4 is 10.8 Å². The normalized spacial score (nSPS) is 19.1. The Morgan fingerprint density at radius 3 is 2.44 bits per heavy atom. The van der Waals surface area contributed by atoms with Crippen LogP contribution in [0.5, 0.6) is 17.2 Å². The highest BCUT2D eigenvalue weighted by Gasteiger charge is 2.26. The van der Waals surface area contributed by atoms with E-state index in [4.69, 9.17) is 4.74 Å². The summed E-state index contributed by atoms with van der Waals surface area (Å²) in [5.74, 6) is 1.11. The molecule has 3 N–H and O–H groups in total. The largest absolute Gasteiger partial charge is 0.507 e. The number of nitrogens with one attached hydrogen (secondary N) is 1. The van der Waals surface area contributed by atoms with E-state index in [-0.39, 0.29) is 11.8 Å². The van der Waals surface area contributed by atoms with Crippen LogP contribution in [0.3, 0.4) is 0 Å². The number of ether oxygens (including phenoxy) is 1. The molecule has 4 heteroatoms. The first kappa shape index (κ1) is 17.7. The molecule has 0 unspecified atom stereocenters. The first-order chi connectivity index (χ1) is 12.9. The van der Waals surface area contributed by atoms with Gasteiger partial charge in [-0.15, -0.1) is 0 Å². The summed E-state index contributed by atoms with van der Waals surface area (Å²) in [6, 6.07) is 12.0. The van der Waals surface area contributed by atoms with E-state index in [1.165, 1.54) is 5.56 Å². The maximum atomic E-state index is 11.2. The Bertz CT molecular complexity index is 1040. The number of fused-ring (bicyclic) bond motifs is 2. The first-order valence-corrected chi connectivity index (χ1v) is 9.32. The summed E-state index contributed by atoms with van der Waals surface area (Å²) < 4.78 is 5.47. The van der Waals surface area contributed by atoms with Crippen molar-refractivity contribution in [3.8, 4) is 28.4 Å². The summed E-state index contributed by atoms with van der Waals surface area (Å²) in [4.78, 5) is 0.